The van der Waals surface area contributed by atoms with Crippen molar-refractivity contribution < 1.29 is 9.53 Å². The smallest absolute Gasteiger partial charge is 0.169 e. The second-order valence-corrected chi connectivity index (χ2v) is 4.15. The number of anilines is 1. The van der Waals surface area contributed by atoms with Crippen LogP contribution in [0.15, 0.2) is 12.3 Å². The molecule has 0 spiro atoms. The van der Waals surface area contributed by atoms with Gasteiger partial charge in [-0.1, -0.05) is 0 Å². The van der Waals surface area contributed by atoms with Gasteiger partial charge in [0.1, 0.15) is 5.82 Å². The van der Waals surface area contributed by atoms with Crippen molar-refractivity contribution in [3.8, 4) is 0 Å². The van der Waals surface area contributed by atoms with Gasteiger partial charge in [-0.3, -0.25) is 4.79 Å². The molecule has 16 heavy (non-hydrogen) atoms. The quantitative estimate of drug-likeness (QED) is 0.788. The maximum absolute atomic E-state index is 12.0. The zero-order valence-corrected chi connectivity index (χ0v) is 9.40. The van der Waals surface area contributed by atoms with E-state index in [4.69, 9.17) is 10.5 Å². The van der Waals surface area contributed by atoms with Gasteiger partial charge in [0.05, 0.1) is 11.7 Å². The summed E-state index contributed by atoms with van der Waals surface area (Å²) in [6.45, 7) is 2.64. The van der Waals surface area contributed by atoms with Crippen molar-refractivity contribution >= 4 is 11.6 Å². The molecule has 2 rings (SSSR count). The number of aromatic nitrogens is 1. The van der Waals surface area contributed by atoms with Crippen LogP contribution in [0.2, 0.25) is 0 Å². The van der Waals surface area contributed by atoms with Gasteiger partial charge < -0.3 is 10.5 Å². The second-order valence-electron chi connectivity index (χ2n) is 4.15. The molecule has 1 aromatic heterocycles. The van der Waals surface area contributed by atoms with Crippen molar-refractivity contribution in [1.82, 2.24) is 4.98 Å². The number of nitrogens with two attached hydrogens (primary N) is 1. The third kappa shape index (κ3) is 2.22. The number of hydrogen-bond donors (Lipinski definition) is 1. The summed E-state index contributed by atoms with van der Waals surface area (Å²) in [7, 11) is 0. The first-order chi connectivity index (χ1) is 7.68. The lowest BCUT2D eigenvalue weighted by atomic mass is 10.0. The largest absolute Gasteiger partial charge is 0.383 e. The van der Waals surface area contributed by atoms with Crippen LogP contribution in [0.4, 0.5) is 5.82 Å². The predicted octanol–water partition coefficient (Wildman–Crippen LogP) is 1.72. The number of ether oxygens (including phenoxy) is 1. The molecule has 1 atom stereocenters. The molecule has 0 aliphatic carbocycles. The van der Waals surface area contributed by atoms with Crippen LogP contribution in [0, 0.1) is 6.92 Å². The zero-order valence-electron chi connectivity index (χ0n) is 9.40. The van der Waals surface area contributed by atoms with E-state index in [0.717, 1.165) is 25.0 Å². The second kappa shape index (κ2) is 4.61. The Kier molecular flexibility index (Phi) is 3.19. The van der Waals surface area contributed by atoms with E-state index in [9.17, 15) is 4.79 Å². The Hall–Kier alpha value is -1.42. The molecule has 86 valence electrons. The van der Waals surface area contributed by atoms with Crippen molar-refractivity contribution in [3.05, 3.63) is 23.4 Å². The summed E-state index contributed by atoms with van der Waals surface area (Å²) in [5.74, 6) is 0.359. The molecule has 4 heteroatoms. The van der Waals surface area contributed by atoms with Crippen molar-refractivity contribution in [3.63, 3.8) is 0 Å². The van der Waals surface area contributed by atoms with Gasteiger partial charge in [-0.2, -0.15) is 0 Å². The third-order valence-electron chi connectivity index (χ3n) is 2.90. The average Bonchev–Trinajstić information content (AvgIpc) is 2.70. The molecule has 0 amide bonds. The molecular weight excluding hydrogens is 204 g/mol. The van der Waals surface area contributed by atoms with E-state index in [0.29, 0.717) is 17.8 Å². The van der Waals surface area contributed by atoms with Gasteiger partial charge >= 0.3 is 0 Å². The van der Waals surface area contributed by atoms with E-state index in [1.54, 1.807) is 12.3 Å². The van der Waals surface area contributed by atoms with Crippen LogP contribution < -0.4 is 5.73 Å². The highest BCUT2D eigenvalue weighted by molar-refractivity contribution is 6.01. The van der Waals surface area contributed by atoms with E-state index in [2.05, 4.69) is 4.98 Å². The van der Waals surface area contributed by atoms with Crippen molar-refractivity contribution in [2.75, 3.05) is 12.3 Å². The van der Waals surface area contributed by atoms with Gasteiger partial charge in [0.15, 0.2) is 5.78 Å². The van der Waals surface area contributed by atoms with Crippen LogP contribution >= 0.6 is 0 Å². The summed E-state index contributed by atoms with van der Waals surface area (Å²) in [6, 6.07) is 1.80. The predicted molar refractivity (Wildman–Crippen MR) is 61.3 cm³/mol. The molecule has 1 saturated heterocycles. The monoisotopic (exact) mass is 220 g/mol. The summed E-state index contributed by atoms with van der Waals surface area (Å²) in [4.78, 5) is 16.0. The number of Topliss-reactive ketones (excluding diaryl/α,β-unsaturated/α-hetero) is 1. The topological polar surface area (TPSA) is 65.2 Å². The maximum Gasteiger partial charge on any atom is 0.169 e. The fraction of sp³-hybridized carbons (Fsp3) is 0.500. The molecule has 1 fully saturated rings. The van der Waals surface area contributed by atoms with Gasteiger partial charge in [-0.25, -0.2) is 4.98 Å². The first kappa shape index (κ1) is 11.1. The molecule has 4 nitrogen and oxygen atoms in total. The van der Waals surface area contributed by atoms with Gasteiger partial charge in [-0.15, -0.1) is 0 Å². The summed E-state index contributed by atoms with van der Waals surface area (Å²) in [5.41, 5.74) is 7.16. The number of nitrogens with zero attached hydrogens (tertiary/aromatic N) is 1. The van der Waals surface area contributed by atoms with Gasteiger partial charge in [-0.05, 0) is 31.4 Å². The molecule has 0 bridgehead atoms. The van der Waals surface area contributed by atoms with Crippen molar-refractivity contribution in [2.24, 2.45) is 0 Å². The minimum atomic E-state index is 0.0370. The molecule has 1 aliphatic heterocycles. The Labute approximate surface area is 94.8 Å². The van der Waals surface area contributed by atoms with Crippen LogP contribution in [0.3, 0.4) is 0 Å². The minimum absolute atomic E-state index is 0.0370. The van der Waals surface area contributed by atoms with E-state index in [1.807, 2.05) is 6.92 Å². The molecule has 1 unspecified atom stereocenters. The first-order valence-corrected chi connectivity index (χ1v) is 5.54. The summed E-state index contributed by atoms with van der Waals surface area (Å²) in [5, 5.41) is 0. The highest BCUT2D eigenvalue weighted by Crippen LogP contribution is 2.21. The summed E-state index contributed by atoms with van der Waals surface area (Å²) < 4.78 is 5.44. The van der Waals surface area contributed by atoms with E-state index in [-0.39, 0.29) is 11.9 Å². The normalized spacial score (nSPS) is 19.9. The number of hydrogen-bond acceptors (Lipinski definition) is 4. The highest BCUT2D eigenvalue weighted by Gasteiger charge is 2.22. The molecule has 0 radical (unpaired) electrons. The number of carbonyl (C=O) groups excluding carboxylic acids is 1. The highest BCUT2D eigenvalue weighted by atomic mass is 16.5. The molecule has 0 saturated carbocycles. The maximum atomic E-state index is 12.0. The van der Waals surface area contributed by atoms with E-state index >= 15 is 0 Å². The van der Waals surface area contributed by atoms with Gasteiger partial charge in [0, 0.05) is 19.2 Å². The fourth-order valence-corrected chi connectivity index (χ4v) is 2.06. The lowest BCUT2D eigenvalue weighted by Crippen LogP contribution is -2.15. The molecule has 0 aromatic carbocycles. The number of carbonyl (C=O) groups is 1. The van der Waals surface area contributed by atoms with Crippen molar-refractivity contribution in [2.45, 2.75) is 32.3 Å². The lowest BCUT2D eigenvalue weighted by molar-refractivity contribution is 0.0775. The average molecular weight is 220 g/mol. The Bertz CT molecular complexity index is 378. The van der Waals surface area contributed by atoms with Crippen LogP contribution in [0.1, 0.15) is 35.2 Å². The SMILES string of the molecule is Cc1ccnc(N)c1C(=O)CC1CCCO1. The van der Waals surface area contributed by atoms with Crippen LogP contribution in [0.25, 0.3) is 0 Å². The number of aryl methyl sites for hydroxylation is 1. The van der Waals surface area contributed by atoms with Crippen LogP contribution in [-0.4, -0.2) is 23.5 Å². The number of nitrogen functional groups attached to an aromatic ring is 1. The fourth-order valence-electron chi connectivity index (χ4n) is 2.06. The molecular formula is C12H16N2O2. The van der Waals surface area contributed by atoms with E-state index < -0.39 is 0 Å². The lowest BCUT2D eigenvalue weighted by Gasteiger charge is -2.11. The summed E-state index contributed by atoms with van der Waals surface area (Å²) in [6.07, 6.45) is 4.10. The first-order valence-electron chi connectivity index (χ1n) is 5.54. The van der Waals surface area contributed by atoms with Crippen molar-refractivity contribution in [1.29, 1.82) is 0 Å². The van der Waals surface area contributed by atoms with Crippen LogP contribution in [0.5, 0.6) is 0 Å². The van der Waals surface area contributed by atoms with Gasteiger partial charge in [0.25, 0.3) is 0 Å². The van der Waals surface area contributed by atoms with E-state index in [1.165, 1.54) is 0 Å². The molecule has 2 heterocycles. The minimum Gasteiger partial charge on any atom is -0.383 e. The third-order valence-corrected chi connectivity index (χ3v) is 2.90. The Morgan fingerprint density at radius 2 is 2.50 bits per heavy atom. The molecule has 2 N–H and O–H groups in total. The number of ketones is 1. The van der Waals surface area contributed by atoms with Crippen LogP contribution in [-0.2, 0) is 4.74 Å². The number of pyridine rings is 1. The summed E-state index contributed by atoms with van der Waals surface area (Å²) >= 11 is 0. The van der Waals surface area contributed by atoms with Gasteiger partial charge in [0.2, 0.25) is 0 Å². The molecule has 1 aromatic rings. The Morgan fingerprint density at radius 3 is 3.12 bits per heavy atom. The standard InChI is InChI=1S/C12H16N2O2/c1-8-4-5-14-12(13)11(8)10(15)7-9-3-2-6-16-9/h4-5,9H,2-3,6-7H2,1H3,(H2,13,14). The zero-order chi connectivity index (χ0) is 11.5. The Morgan fingerprint density at radius 1 is 1.69 bits per heavy atom. The Balaban J connectivity index is 2.13. The molecule has 1 aliphatic rings. The number of rotatable bonds is 3.